The lowest BCUT2D eigenvalue weighted by molar-refractivity contribution is -0.147. The minimum absolute atomic E-state index is 0.278. The number of carbonyl (C=O) groups is 2. The highest BCUT2D eigenvalue weighted by atomic mass is 16.4. The molecule has 58 valence electrons. The van der Waals surface area contributed by atoms with E-state index in [4.69, 9.17) is 10.6 Å². The van der Waals surface area contributed by atoms with Gasteiger partial charge in [0.1, 0.15) is 5.41 Å². The fourth-order valence-electron chi connectivity index (χ4n) is 0.781. The van der Waals surface area contributed by atoms with Gasteiger partial charge in [-0.2, -0.15) is 0 Å². The Kier molecular flexibility index (Phi) is 1.54. The van der Waals surface area contributed by atoms with Gasteiger partial charge in [-0.3, -0.25) is 9.59 Å². The van der Waals surface area contributed by atoms with Crippen LogP contribution in [0.5, 0.6) is 0 Å². The Bertz CT molecular complexity index is 262. The molecule has 0 aromatic rings. The number of hydrogen-bond donors (Lipinski definition) is 1. The number of carboxylic acid groups (broad SMARTS) is 1. The summed E-state index contributed by atoms with van der Waals surface area (Å²) in [5, 5.41) is 11.2. The van der Waals surface area contributed by atoms with Gasteiger partial charge in [0, 0.05) is 4.91 Å². The maximum Gasteiger partial charge on any atom is 0.317 e. The number of azide groups is 1. The van der Waals surface area contributed by atoms with Crippen LogP contribution in [-0.2, 0) is 9.59 Å². The lowest BCUT2D eigenvalue weighted by atomic mass is 10.1. The van der Waals surface area contributed by atoms with E-state index in [-0.39, 0.29) is 12.8 Å². The smallest absolute Gasteiger partial charge is 0.317 e. The molecule has 0 aromatic heterocycles. The first kappa shape index (κ1) is 7.56. The standard InChI is InChI=1S/C5H5N3O3/c6-8-7-3(9)5(1-2-5)4(10)11/h1-2H2,(H,10,11). The van der Waals surface area contributed by atoms with Crippen LogP contribution in [0.25, 0.3) is 10.4 Å². The highest BCUT2D eigenvalue weighted by Crippen LogP contribution is 2.47. The second kappa shape index (κ2) is 2.25. The second-order valence-corrected chi connectivity index (χ2v) is 2.38. The van der Waals surface area contributed by atoms with E-state index in [1.165, 1.54) is 0 Å². The monoisotopic (exact) mass is 155 g/mol. The van der Waals surface area contributed by atoms with Crippen LogP contribution in [0.2, 0.25) is 0 Å². The van der Waals surface area contributed by atoms with Crippen molar-refractivity contribution < 1.29 is 14.7 Å². The van der Waals surface area contributed by atoms with Crippen LogP contribution in [0.3, 0.4) is 0 Å². The Morgan fingerprint density at radius 2 is 2.09 bits per heavy atom. The van der Waals surface area contributed by atoms with Gasteiger partial charge in [0.05, 0.1) is 0 Å². The van der Waals surface area contributed by atoms with E-state index in [2.05, 4.69) is 10.0 Å². The number of hydrogen-bond acceptors (Lipinski definition) is 2. The summed E-state index contributed by atoms with van der Waals surface area (Å²) in [4.78, 5) is 23.4. The van der Waals surface area contributed by atoms with Crippen molar-refractivity contribution in [3.63, 3.8) is 0 Å². The topological polar surface area (TPSA) is 103 Å². The van der Waals surface area contributed by atoms with Crippen molar-refractivity contribution >= 4 is 11.9 Å². The van der Waals surface area contributed by atoms with Crippen molar-refractivity contribution in [2.24, 2.45) is 10.5 Å². The minimum Gasteiger partial charge on any atom is -0.480 e. The molecule has 1 aliphatic carbocycles. The first-order chi connectivity index (χ1) is 5.13. The molecule has 1 aliphatic rings. The first-order valence-corrected chi connectivity index (χ1v) is 2.96. The van der Waals surface area contributed by atoms with Gasteiger partial charge in [-0.25, -0.2) is 0 Å². The first-order valence-electron chi connectivity index (χ1n) is 2.96. The number of amides is 1. The van der Waals surface area contributed by atoms with E-state index in [0.29, 0.717) is 0 Å². The third-order valence-corrected chi connectivity index (χ3v) is 1.70. The second-order valence-electron chi connectivity index (χ2n) is 2.38. The molecule has 1 saturated carbocycles. The Morgan fingerprint density at radius 3 is 2.36 bits per heavy atom. The Morgan fingerprint density at radius 1 is 1.55 bits per heavy atom. The number of nitrogens with zero attached hydrogens (tertiary/aromatic N) is 3. The number of rotatable bonds is 2. The number of carboxylic acids is 1. The highest BCUT2D eigenvalue weighted by Gasteiger charge is 2.56. The van der Waals surface area contributed by atoms with Gasteiger partial charge in [-0.1, -0.05) is 0 Å². The van der Waals surface area contributed by atoms with E-state index < -0.39 is 17.3 Å². The fraction of sp³-hybridized carbons (Fsp3) is 0.600. The van der Waals surface area contributed by atoms with E-state index in [9.17, 15) is 9.59 Å². The molecule has 0 saturated heterocycles. The molecule has 0 bridgehead atoms. The van der Waals surface area contributed by atoms with Crippen LogP contribution < -0.4 is 0 Å². The third kappa shape index (κ3) is 1.03. The van der Waals surface area contributed by atoms with Gasteiger partial charge in [0.2, 0.25) is 5.91 Å². The molecule has 0 heterocycles. The third-order valence-electron chi connectivity index (χ3n) is 1.70. The quantitative estimate of drug-likeness (QED) is 0.274. The normalized spacial score (nSPS) is 18.2. The maximum atomic E-state index is 10.8. The molecular weight excluding hydrogens is 150 g/mol. The molecular formula is C5H5N3O3. The van der Waals surface area contributed by atoms with Crippen LogP contribution >= 0.6 is 0 Å². The number of aliphatic carboxylic acids is 1. The minimum atomic E-state index is -1.38. The summed E-state index contributed by atoms with van der Waals surface area (Å²) >= 11 is 0. The van der Waals surface area contributed by atoms with Gasteiger partial charge >= 0.3 is 5.97 Å². The molecule has 0 spiro atoms. The summed E-state index contributed by atoms with van der Waals surface area (Å²) in [6.07, 6.45) is 0.556. The predicted octanol–water partition coefficient (Wildman–Crippen LogP) is 0.688. The van der Waals surface area contributed by atoms with Crippen molar-refractivity contribution in [1.29, 1.82) is 0 Å². The zero-order chi connectivity index (χ0) is 8.48. The van der Waals surface area contributed by atoms with Gasteiger partial charge < -0.3 is 5.11 Å². The Balaban J connectivity index is 2.81. The maximum absolute atomic E-state index is 10.8. The van der Waals surface area contributed by atoms with E-state index in [1.54, 1.807) is 0 Å². The Labute approximate surface area is 61.4 Å². The van der Waals surface area contributed by atoms with Crippen LogP contribution in [0.1, 0.15) is 12.8 Å². The van der Waals surface area contributed by atoms with Crippen molar-refractivity contribution in [3.8, 4) is 0 Å². The molecule has 6 nitrogen and oxygen atoms in total. The fourth-order valence-corrected chi connectivity index (χ4v) is 0.781. The van der Waals surface area contributed by atoms with Gasteiger partial charge in [0.25, 0.3) is 0 Å². The van der Waals surface area contributed by atoms with Crippen molar-refractivity contribution in [2.45, 2.75) is 12.8 Å². The van der Waals surface area contributed by atoms with Crippen molar-refractivity contribution in [3.05, 3.63) is 10.4 Å². The van der Waals surface area contributed by atoms with Gasteiger partial charge in [0.15, 0.2) is 0 Å². The average Bonchev–Trinajstić information content (AvgIpc) is 2.66. The molecule has 0 unspecified atom stereocenters. The molecule has 1 amide bonds. The summed E-state index contributed by atoms with van der Waals surface area (Å²) < 4.78 is 0. The molecule has 11 heavy (non-hydrogen) atoms. The lowest BCUT2D eigenvalue weighted by Gasteiger charge is -2.00. The predicted molar refractivity (Wildman–Crippen MR) is 33.5 cm³/mol. The molecule has 0 aliphatic heterocycles. The molecule has 0 aromatic carbocycles. The van der Waals surface area contributed by atoms with Crippen molar-refractivity contribution in [1.82, 2.24) is 0 Å². The van der Waals surface area contributed by atoms with Gasteiger partial charge in [-0.15, -0.1) is 0 Å². The van der Waals surface area contributed by atoms with Crippen LogP contribution in [-0.4, -0.2) is 17.0 Å². The average molecular weight is 155 g/mol. The van der Waals surface area contributed by atoms with Crippen molar-refractivity contribution in [2.75, 3.05) is 0 Å². The zero-order valence-corrected chi connectivity index (χ0v) is 5.52. The Hall–Kier alpha value is -1.55. The largest absolute Gasteiger partial charge is 0.480 e. The number of carbonyl (C=O) groups excluding carboxylic acids is 1. The molecule has 1 rings (SSSR count). The molecule has 6 heteroatoms. The molecule has 0 radical (unpaired) electrons. The molecule has 1 N–H and O–H groups in total. The summed E-state index contributed by atoms with van der Waals surface area (Å²) in [7, 11) is 0. The van der Waals surface area contributed by atoms with Crippen LogP contribution in [0.15, 0.2) is 5.11 Å². The van der Waals surface area contributed by atoms with Gasteiger partial charge in [-0.05, 0) is 23.5 Å². The SMILES string of the molecule is [N-]=[N+]=NC(=O)C1(C(=O)O)CC1. The lowest BCUT2D eigenvalue weighted by Crippen LogP contribution is -2.23. The van der Waals surface area contributed by atoms with E-state index in [0.717, 1.165) is 0 Å². The summed E-state index contributed by atoms with van der Waals surface area (Å²) in [5.74, 6) is -2.08. The van der Waals surface area contributed by atoms with E-state index in [1.807, 2.05) is 0 Å². The van der Waals surface area contributed by atoms with Crippen LogP contribution in [0.4, 0.5) is 0 Å². The molecule has 0 atom stereocenters. The summed E-state index contributed by atoms with van der Waals surface area (Å²) in [6, 6.07) is 0. The summed E-state index contributed by atoms with van der Waals surface area (Å²) in [5.41, 5.74) is 6.47. The van der Waals surface area contributed by atoms with Crippen LogP contribution in [0, 0.1) is 5.41 Å². The van der Waals surface area contributed by atoms with E-state index >= 15 is 0 Å². The summed E-state index contributed by atoms with van der Waals surface area (Å²) in [6.45, 7) is 0. The highest BCUT2D eigenvalue weighted by molar-refractivity contribution is 6.05. The molecule has 1 fully saturated rings. The zero-order valence-electron chi connectivity index (χ0n) is 5.52.